The largest absolute Gasteiger partial charge is 0.507 e. The van der Waals surface area contributed by atoms with Crippen LogP contribution in [0.4, 0.5) is 0 Å². The molecule has 0 aliphatic rings. The fourth-order valence-corrected chi connectivity index (χ4v) is 3.42. The van der Waals surface area contributed by atoms with E-state index in [1.807, 2.05) is 62.4 Å². The van der Waals surface area contributed by atoms with E-state index in [1.165, 1.54) is 7.11 Å². The van der Waals surface area contributed by atoms with E-state index in [-0.39, 0.29) is 5.75 Å². The third kappa shape index (κ3) is 5.46. The predicted molar refractivity (Wildman–Crippen MR) is 130 cm³/mol. The minimum absolute atomic E-state index is 0.0751. The highest BCUT2D eigenvalue weighted by Gasteiger charge is 2.18. The molecule has 0 radical (unpaired) electrons. The van der Waals surface area contributed by atoms with Crippen molar-refractivity contribution in [2.24, 2.45) is 0 Å². The zero-order valence-electron chi connectivity index (χ0n) is 18.9. The molecule has 4 nitrogen and oxygen atoms in total. The fourth-order valence-electron chi connectivity index (χ4n) is 3.42. The topological polar surface area (TPSA) is 55.8 Å². The average Bonchev–Trinajstić information content (AvgIpc) is 2.81. The summed E-state index contributed by atoms with van der Waals surface area (Å²) >= 11 is 0. The number of aromatic hydroxyl groups is 1. The average molecular weight is 429 g/mol. The lowest BCUT2D eigenvalue weighted by atomic mass is 9.97. The summed E-state index contributed by atoms with van der Waals surface area (Å²) < 4.78 is 10.5. The van der Waals surface area contributed by atoms with Crippen LogP contribution >= 0.6 is 0 Å². The van der Waals surface area contributed by atoms with Crippen LogP contribution in [-0.4, -0.2) is 25.3 Å². The molecule has 0 aliphatic carbocycles. The van der Waals surface area contributed by atoms with Crippen molar-refractivity contribution in [3.8, 4) is 22.6 Å². The lowest BCUT2D eigenvalue weighted by Gasteiger charge is -2.14. The second kappa shape index (κ2) is 10.5. The van der Waals surface area contributed by atoms with Gasteiger partial charge in [-0.05, 0) is 60.7 Å². The molecule has 0 saturated heterocycles. The molecule has 0 aliphatic heterocycles. The molecule has 3 aromatic carbocycles. The summed E-state index contributed by atoms with van der Waals surface area (Å²) in [4.78, 5) is 12.6. The van der Waals surface area contributed by atoms with Crippen LogP contribution in [0.1, 0.15) is 30.5 Å². The Kier molecular flexibility index (Phi) is 7.50. The third-order valence-corrected chi connectivity index (χ3v) is 5.16. The first kappa shape index (κ1) is 22.9. The first-order valence-electron chi connectivity index (χ1n) is 10.4. The van der Waals surface area contributed by atoms with Gasteiger partial charge in [-0.3, -0.25) is 0 Å². The molecule has 0 unspecified atom stereocenters. The summed E-state index contributed by atoms with van der Waals surface area (Å²) in [6.07, 6.45) is 4.31. The normalized spacial score (nSPS) is 11.1. The number of ether oxygens (including phenoxy) is 2. The van der Waals surface area contributed by atoms with E-state index in [9.17, 15) is 9.90 Å². The highest BCUT2D eigenvalue weighted by molar-refractivity contribution is 6.21. The predicted octanol–water partition coefficient (Wildman–Crippen LogP) is 6.29. The van der Waals surface area contributed by atoms with Gasteiger partial charge >= 0.3 is 5.97 Å². The third-order valence-electron chi connectivity index (χ3n) is 5.16. The van der Waals surface area contributed by atoms with E-state index in [2.05, 4.69) is 12.1 Å². The molecule has 1 N–H and O–H groups in total. The lowest BCUT2D eigenvalue weighted by molar-refractivity contribution is -0.133. The van der Waals surface area contributed by atoms with Gasteiger partial charge in [0.25, 0.3) is 0 Å². The first-order valence-corrected chi connectivity index (χ1v) is 10.4. The van der Waals surface area contributed by atoms with Crippen LogP contribution in [0.2, 0.25) is 0 Å². The van der Waals surface area contributed by atoms with Crippen LogP contribution in [0.5, 0.6) is 11.5 Å². The molecule has 0 atom stereocenters. The Bertz CT molecular complexity index is 1140. The number of hydrogen-bond donors (Lipinski definition) is 1. The van der Waals surface area contributed by atoms with Crippen LogP contribution in [0.25, 0.3) is 22.8 Å². The van der Waals surface area contributed by atoms with Gasteiger partial charge in [0.15, 0.2) is 0 Å². The van der Waals surface area contributed by atoms with E-state index >= 15 is 0 Å². The summed E-state index contributed by atoms with van der Waals surface area (Å²) in [5, 5.41) is 10.7. The molecule has 3 aromatic rings. The molecule has 164 valence electrons. The van der Waals surface area contributed by atoms with E-state index in [0.717, 1.165) is 22.3 Å². The maximum absolute atomic E-state index is 12.6. The molecule has 0 heterocycles. The lowest BCUT2D eigenvalue weighted by Crippen LogP contribution is -2.05. The van der Waals surface area contributed by atoms with Crippen molar-refractivity contribution in [1.82, 2.24) is 0 Å². The molecular weight excluding hydrogens is 400 g/mol. The first-order chi connectivity index (χ1) is 15.4. The van der Waals surface area contributed by atoms with Crippen molar-refractivity contribution < 1.29 is 19.4 Å². The number of carbonyl (C=O) groups excluding carboxylic acids is 1. The van der Waals surface area contributed by atoms with Crippen LogP contribution in [0, 0.1) is 0 Å². The van der Waals surface area contributed by atoms with E-state index in [0.29, 0.717) is 28.9 Å². The number of esters is 1. The van der Waals surface area contributed by atoms with Gasteiger partial charge in [0.2, 0.25) is 0 Å². The van der Waals surface area contributed by atoms with Gasteiger partial charge in [0.1, 0.15) is 11.5 Å². The highest BCUT2D eigenvalue weighted by Crippen LogP contribution is 2.34. The van der Waals surface area contributed by atoms with Gasteiger partial charge in [-0.25, -0.2) is 4.79 Å². The van der Waals surface area contributed by atoms with Gasteiger partial charge in [-0.1, -0.05) is 66.2 Å². The summed E-state index contributed by atoms with van der Waals surface area (Å²) in [7, 11) is 2.89. The van der Waals surface area contributed by atoms with Crippen molar-refractivity contribution in [2.45, 2.75) is 20.3 Å². The minimum atomic E-state index is -0.490. The Balaban J connectivity index is 2.01. The highest BCUT2D eigenvalue weighted by atomic mass is 16.5. The number of rotatable bonds is 7. The molecule has 3 rings (SSSR count). The summed E-state index contributed by atoms with van der Waals surface area (Å²) in [5.74, 6) is 0.105. The number of allylic oxidation sites excluding steroid dienone is 2. The molecule has 32 heavy (non-hydrogen) atoms. The minimum Gasteiger partial charge on any atom is -0.507 e. The molecule has 0 fully saturated rings. The Morgan fingerprint density at radius 2 is 1.59 bits per heavy atom. The van der Waals surface area contributed by atoms with Crippen LogP contribution in [-0.2, 0) is 16.0 Å². The maximum Gasteiger partial charge on any atom is 0.338 e. The molecule has 0 aromatic heterocycles. The zero-order valence-corrected chi connectivity index (χ0v) is 18.9. The Morgan fingerprint density at radius 1 is 0.938 bits per heavy atom. The van der Waals surface area contributed by atoms with Crippen molar-refractivity contribution in [3.63, 3.8) is 0 Å². The fraction of sp³-hybridized carbons (Fsp3) is 0.179. The summed E-state index contributed by atoms with van der Waals surface area (Å²) in [6, 6.07) is 21.3. The number of hydrogen-bond acceptors (Lipinski definition) is 4. The maximum atomic E-state index is 12.6. The SMILES string of the molecule is COC(=O)/C(=C/c1ccc(-c2ccccc2)cc1)c1cc(O)c(CC=C(C)C)c(OC)c1. The molecule has 0 spiro atoms. The Morgan fingerprint density at radius 3 is 2.19 bits per heavy atom. The molecular formula is C28H28O4. The van der Waals surface area contributed by atoms with Gasteiger partial charge in [-0.15, -0.1) is 0 Å². The molecule has 4 heteroatoms. The number of phenolic OH excluding ortho intramolecular Hbond substituents is 1. The second-order valence-corrected chi connectivity index (χ2v) is 7.70. The van der Waals surface area contributed by atoms with Crippen molar-refractivity contribution >= 4 is 17.6 Å². The van der Waals surface area contributed by atoms with Crippen molar-refractivity contribution in [2.75, 3.05) is 14.2 Å². The number of benzene rings is 3. The quantitative estimate of drug-likeness (QED) is 0.208. The van der Waals surface area contributed by atoms with Gasteiger partial charge < -0.3 is 14.6 Å². The van der Waals surface area contributed by atoms with Crippen LogP contribution in [0.15, 0.2) is 78.4 Å². The van der Waals surface area contributed by atoms with Crippen LogP contribution in [0.3, 0.4) is 0 Å². The van der Waals surface area contributed by atoms with Crippen molar-refractivity contribution in [3.05, 3.63) is 95.1 Å². The standard InChI is InChI=1S/C28H28O4/c1-19(2)10-15-24-26(29)17-23(18-27(24)31-3)25(28(30)32-4)16-20-11-13-22(14-12-20)21-8-6-5-7-9-21/h5-14,16-18,29H,15H2,1-4H3/b25-16+. The van der Waals surface area contributed by atoms with Crippen LogP contribution < -0.4 is 4.74 Å². The van der Waals surface area contributed by atoms with Gasteiger partial charge in [0.05, 0.1) is 19.8 Å². The monoisotopic (exact) mass is 428 g/mol. The van der Waals surface area contributed by atoms with Gasteiger partial charge in [-0.2, -0.15) is 0 Å². The van der Waals surface area contributed by atoms with E-state index in [1.54, 1.807) is 25.3 Å². The summed E-state index contributed by atoms with van der Waals surface area (Å²) in [5.41, 5.74) is 5.74. The Hall–Kier alpha value is -3.79. The van der Waals surface area contributed by atoms with Gasteiger partial charge in [0, 0.05) is 5.56 Å². The number of phenols is 1. The smallest absolute Gasteiger partial charge is 0.338 e. The van der Waals surface area contributed by atoms with E-state index in [4.69, 9.17) is 9.47 Å². The molecule has 0 bridgehead atoms. The number of methoxy groups -OCH3 is 2. The molecule has 0 saturated carbocycles. The van der Waals surface area contributed by atoms with E-state index < -0.39 is 5.97 Å². The molecule has 0 amide bonds. The zero-order chi connectivity index (χ0) is 23.1. The Labute approximate surface area is 189 Å². The van der Waals surface area contributed by atoms with Crippen molar-refractivity contribution in [1.29, 1.82) is 0 Å². The number of carbonyl (C=O) groups is 1. The second-order valence-electron chi connectivity index (χ2n) is 7.70. The summed E-state index contributed by atoms with van der Waals surface area (Å²) in [6.45, 7) is 4.00.